The minimum absolute atomic E-state index is 0.164. The summed E-state index contributed by atoms with van der Waals surface area (Å²) in [5.41, 5.74) is 10.7. The van der Waals surface area contributed by atoms with E-state index in [9.17, 15) is 9.59 Å². The fourth-order valence-electron chi connectivity index (χ4n) is 1.11. The van der Waals surface area contributed by atoms with Gasteiger partial charge in [0.1, 0.15) is 11.8 Å². The number of anilines is 1. The number of aliphatic hydroxyl groups excluding tert-OH is 1. The second-order valence-corrected chi connectivity index (χ2v) is 3.20. The largest absolute Gasteiger partial charge is 0.396 e. The van der Waals surface area contributed by atoms with E-state index in [1.165, 1.54) is 10.9 Å². The number of nitrogens with one attached hydrogen (secondary N) is 1. The summed E-state index contributed by atoms with van der Waals surface area (Å²) in [5.74, 6) is -1.43. The second-order valence-electron chi connectivity index (χ2n) is 3.20. The first kappa shape index (κ1) is 12.0. The number of carbonyl (C=O) groups is 2. The van der Waals surface area contributed by atoms with Crippen LogP contribution in [0, 0.1) is 0 Å². The molecule has 88 valence electrons. The highest BCUT2D eigenvalue weighted by molar-refractivity contribution is 5.97. The van der Waals surface area contributed by atoms with Gasteiger partial charge in [0.15, 0.2) is 0 Å². The van der Waals surface area contributed by atoms with Crippen LogP contribution in [0.3, 0.4) is 0 Å². The van der Waals surface area contributed by atoms with Gasteiger partial charge in [0.2, 0.25) is 5.91 Å². The quantitative estimate of drug-likeness (QED) is 0.453. The van der Waals surface area contributed by atoms with Gasteiger partial charge in [-0.1, -0.05) is 0 Å². The molecule has 0 fully saturated rings. The van der Waals surface area contributed by atoms with Crippen LogP contribution in [0.4, 0.5) is 5.69 Å². The van der Waals surface area contributed by atoms with Crippen LogP contribution in [0.1, 0.15) is 10.5 Å². The first-order chi connectivity index (χ1) is 7.43. The molecule has 0 aliphatic heterocycles. The van der Waals surface area contributed by atoms with Gasteiger partial charge in [-0.15, -0.1) is 0 Å². The molecule has 16 heavy (non-hydrogen) atoms. The molecule has 0 spiro atoms. The Hall–Kier alpha value is -2.09. The topological polar surface area (TPSA) is 136 Å². The number of hydrogen-bond donors (Lipinski definition) is 4. The molecule has 1 rings (SSSR count). The van der Waals surface area contributed by atoms with Crippen LogP contribution in [0.25, 0.3) is 0 Å². The lowest BCUT2D eigenvalue weighted by molar-refractivity contribution is -0.125. The van der Waals surface area contributed by atoms with Gasteiger partial charge in [0.05, 0.1) is 18.4 Å². The number of aromatic nitrogens is 2. The number of aliphatic hydroxyl groups is 1. The van der Waals surface area contributed by atoms with E-state index in [0.717, 1.165) is 0 Å². The average Bonchev–Trinajstić information content (AvgIpc) is 2.54. The van der Waals surface area contributed by atoms with Crippen LogP contribution in [0.5, 0.6) is 0 Å². The minimum atomic E-state index is -1.42. The fraction of sp³-hybridized carbons (Fsp3) is 0.375. The number of nitrogens with zero attached hydrogens (tertiary/aromatic N) is 2. The molecule has 0 aromatic carbocycles. The Morgan fingerprint density at radius 2 is 2.31 bits per heavy atom. The highest BCUT2D eigenvalue weighted by Gasteiger charge is 2.17. The van der Waals surface area contributed by atoms with Crippen LogP contribution in [-0.4, -0.2) is 39.4 Å². The van der Waals surface area contributed by atoms with Crippen molar-refractivity contribution < 1.29 is 14.7 Å². The summed E-state index contributed by atoms with van der Waals surface area (Å²) in [4.78, 5) is 22.1. The van der Waals surface area contributed by atoms with Gasteiger partial charge in [-0.25, -0.2) is 0 Å². The lowest BCUT2D eigenvalue weighted by Crippen LogP contribution is -2.40. The van der Waals surface area contributed by atoms with E-state index in [1.54, 1.807) is 7.05 Å². The molecule has 1 atom stereocenters. The van der Waals surface area contributed by atoms with Gasteiger partial charge in [-0.05, 0) is 0 Å². The maximum Gasteiger partial charge on any atom is 0.271 e. The van der Waals surface area contributed by atoms with E-state index < -0.39 is 17.9 Å². The minimum Gasteiger partial charge on any atom is -0.396 e. The monoisotopic (exact) mass is 227 g/mol. The van der Waals surface area contributed by atoms with Crippen molar-refractivity contribution in [3.05, 3.63) is 11.9 Å². The molecule has 1 heterocycles. The standard InChI is InChI=1S/C8H13N5O3/c1-13-6(4(9)2-12-13)8(16)11-3-5(14)7(10)15/h2,5,14H,3,9H2,1H3,(H2,10,15)(H,11,16). The Morgan fingerprint density at radius 3 is 2.75 bits per heavy atom. The third kappa shape index (κ3) is 2.48. The van der Waals surface area contributed by atoms with Gasteiger partial charge in [-0.2, -0.15) is 5.10 Å². The number of aryl methyl sites for hydroxylation is 1. The van der Waals surface area contributed by atoms with Gasteiger partial charge >= 0.3 is 0 Å². The van der Waals surface area contributed by atoms with Crippen molar-refractivity contribution in [2.24, 2.45) is 12.8 Å². The number of hydrogen-bond acceptors (Lipinski definition) is 5. The Labute approximate surface area is 91.2 Å². The highest BCUT2D eigenvalue weighted by Crippen LogP contribution is 2.08. The summed E-state index contributed by atoms with van der Waals surface area (Å²) in [6.45, 7) is -0.265. The van der Waals surface area contributed by atoms with Crippen LogP contribution >= 0.6 is 0 Å². The molecule has 1 aromatic heterocycles. The number of nitrogen functional groups attached to an aromatic ring is 1. The molecule has 1 aromatic rings. The number of primary amides is 1. The van der Waals surface area contributed by atoms with E-state index in [1.807, 2.05) is 0 Å². The van der Waals surface area contributed by atoms with Crippen molar-refractivity contribution >= 4 is 17.5 Å². The molecule has 0 saturated heterocycles. The van der Waals surface area contributed by atoms with E-state index in [-0.39, 0.29) is 17.9 Å². The van der Waals surface area contributed by atoms with E-state index in [0.29, 0.717) is 0 Å². The average molecular weight is 227 g/mol. The van der Waals surface area contributed by atoms with E-state index >= 15 is 0 Å². The van der Waals surface area contributed by atoms with Crippen molar-refractivity contribution in [1.29, 1.82) is 0 Å². The summed E-state index contributed by atoms with van der Waals surface area (Å²) in [7, 11) is 1.55. The number of nitrogens with two attached hydrogens (primary N) is 2. The molecule has 0 bridgehead atoms. The van der Waals surface area contributed by atoms with Crippen LogP contribution in [-0.2, 0) is 11.8 Å². The normalized spacial score (nSPS) is 12.1. The van der Waals surface area contributed by atoms with Gasteiger partial charge in [0.25, 0.3) is 5.91 Å². The summed E-state index contributed by atoms with van der Waals surface area (Å²) in [6.07, 6.45) is -0.0854. The highest BCUT2D eigenvalue weighted by atomic mass is 16.3. The Balaban J connectivity index is 2.63. The SMILES string of the molecule is Cn1ncc(N)c1C(=O)NCC(O)C(N)=O. The molecule has 1 unspecified atom stereocenters. The number of amides is 2. The molecular formula is C8H13N5O3. The first-order valence-corrected chi connectivity index (χ1v) is 4.46. The van der Waals surface area contributed by atoms with Gasteiger partial charge < -0.3 is 21.9 Å². The molecule has 6 N–H and O–H groups in total. The van der Waals surface area contributed by atoms with Crippen LogP contribution in [0.2, 0.25) is 0 Å². The predicted octanol–water partition coefficient (Wildman–Crippen LogP) is -2.42. The zero-order valence-corrected chi connectivity index (χ0v) is 8.67. The molecular weight excluding hydrogens is 214 g/mol. The molecule has 8 heteroatoms. The van der Waals surface area contributed by atoms with Crippen molar-refractivity contribution in [3.63, 3.8) is 0 Å². The molecule has 0 radical (unpaired) electrons. The van der Waals surface area contributed by atoms with Crippen molar-refractivity contribution in [1.82, 2.24) is 15.1 Å². The molecule has 0 aliphatic carbocycles. The molecule has 8 nitrogen and oxygen atoms in total. The molecule has 2 amide bonds. The fourth-order valence-corrected chi connectivity index (χ4v) is 1.11. The third-order valence-corrected chi connectivity index (χ3v) is 1.97. The summed E-state index contributed by atoms with van der Waals surface area (Å²) in [6, 6.07) is 0. The predicted molar refractivity (Wildman–Crippen MR) is 55.2 cm³/mol. The zero-order valence-electron chi connectivity index (χ0n) is 8.67. The van der Waals surface area contributed by atoms with Crippen molar-refractivity contribution in [3.8, 4) is 0 Å². The van der Waals surface area contributed by atoms with E-state index in [2.05, 4.69) is 10.4 Å². The lowest BCUT2D eigenvalue weighted by atomic mass is 10.3. The van der Waals surface area contributed by atoms with Gasteiger partial charge in [-0.3, -0.25) is 14.3 Å². The number of carbonyl (C=O) groups excluding carboxylic acids is 2. The summed E-state index contributed by atoms with van der Waals surface area (Å²) >= 11 is 0. The smallest absolute Gasteiger partial charge is 0.271 e. The van der Waals surface area contributed by atoms with Gasteiger partial charge in [0, 0.05) is 7.05 Å². The molecule has 0 saturated carbocycles. The second kappa shape index (κ2) is 4.62. The zero-order chi connectivity index (χ0) is 12.3. The Morgan fingerprint density at radius 1 is 1.69 bits per heavy atom. The maximum absolute atomic E-state index is 11.6. The van der Waals surface area contributed by atoms with Crippen LogP contribution in [0.15, 0.2) is 6.20 Å². The first-order valence-electron chi connectivity index (χ1n) is 4.46. The third-order valence-electron chi connectivity index (χ3n) is 1.97. The van der Waals surface area contributed by atoms with Crippen molar-refractivity contribution in [2.75, 3.05) is 12.3 Å². The lowest BCUT2D eigenvalue weighted by Gasteiger charge is -2.08. The summed E-state index contributed by atoms with van der Waals surface area (Å²) < 4.78 is 1.29. The van der Waals surface area contributed by atoms with E-state index in [4.69, 9.17) is 16.6 Å². The summed E-state index contributed by atoms with van der Waals surface area (Å²) in [5, 5.41) is 15.2. The number of rotatable bonds is 4. The van der Waals surface area contributed by atoms with Crippen LogP contribution < -0.4 is 16.8 Å². The van der Waals surface area contributed by atoms with Crippen molar-refractivity contribution in [2.45, 2.75) is 6.10 Å². The molecule has 0 aliphatic rings. The Kier molecular flexibility index (Phi) is 3.46. The Bertz CT molecular complexity index is 394. The maximum atomic E-state index is 11.6.